The van der Waals surface area contributed by atoms with E-state index in [1.165, 1.54) is 11.8 Å². The van der Waals surface area contributed by atoms with E-state index in [-0.39, 0.29) is 13.2 Å². The maximum absolute atomic E-state index is 11.2. The fourth-order valence-corrected chi connectivity index (χ4v) is 1.45. The quantitative estimate of drug-likeness (QED) is 0.467. The first-order valence-electron chi connectivity index (χ1n) is 4.90. The molecule has 0 aromatic heterocycles. The minimum absolute atomic E-state index is 0.153. The zero-order valence-corrected chi connectivity index (χ0v) is 10.1. The van der Waals surface area contributed by atoms with Crippen LogP contribution in [0, 0.1) is 0 Å². The van der Waals surface area contributed by atoms with Crippen LogP contribution >= 0.6 is 11.8 Å². The van der Waals surface area contributed by atoms with Gasteiger partial charge in [-0.25, -0.2) is 4.79 Å². The second-order valence-electron chi connectivity index (χ2n) is 3.08. The molecule has 0 aliphatic heterocycles. The van der Waals surface area contributed by atoms with Crippen LogP contribution in [0.15, 0.2) is 0 Å². The molecule has 0 saturated heterocycles. The van der Waals surface area contributed by atoms with Crippen molar-refractivity contribution in [3.05, 3.63) is 0 Å². The summed E-state index contributed by atoms with van der Waals surface area (Å²) in [6.07, 6.45) is 2.28. The Morgan fingerprint density at radius 2 is 2.25 bits per heavy atom. The van der Waals surface area contributed by atoms with Crippen LogP contribution in [-0.2, 0) is 14.3 Å². The summed E-state index contributed by atoms with van der Waals surface area (Å²) in [6, 6.07) is -0.846. The molecule has 0 aromatic rings. The van der Waals surface area contributed by atoms with Crippen LogP contribution in [0.4, 0.5) is 0 Å². The summed E-state index contributed by atoms with van der Waals surface area (Å²) in [4.78, 5) is 22.0. The number of rotatable bonds is 9. The average molecular weight is 250 g/mol. The van der Waals surface area contributed by atoms with Crippen molar-refractivity contribution in [3.8, 4) is 0 Å². The molecule has 0 spiro atoms. The Morgan fingerprint density at radius 3 is 2.75 bits per heavy atom. The molecule has 0 bridgehead atoms. The molecule has 1 atom stereocenters. The number of hydrogen-bond donors (Lipinski definition) is 3. The SMILES string of the molecule is CSCC[C@H](NC(=O)COCCN)C(=O)O. The monoisotopic (exact) mass is 250 g/mol. The van der Waals surface area contributed by atoms with Gasteiger partial charge in [-0.15, -0.1) is 0 Å². The highest BCUT2D eigenvalue weighted by molar-refractivity contribution is 7.98. The lowest BCUT2D eigenvalue weighted by molar-refractivity contribution is -0.142. The van der Waals surface area contributed by atoms with Gasteiger partial charge in [0.1, 0.15) is 12.6 Å². The number of carbonyl (C=O) groups excluding carboxylic acids is 1. The third-order valence-electron chi connectivity index (χ3n) is 1.74. The number of carboxylic acid groups (broad SMARTS) is 1. The van der Waals surface area contributed by atoms with Gasteiger partial charge in [-0.2, -0.15) is 11.8 Å². The van der Waals surface area contributed by atoms with Crippen LogP contribution < -0.4 is 11.1 Å². The van der Waals surface area contributed by atoms with E-state index < -0.39 is 17.9 Å². The highest BCUT2D eigenvalue weighted by Crippen LogP contribution is 2.00. The van der Waals surface area contributed by atoms with Gasteiger partial charge in [0.05, 0.1) is 6.61 Å². The molecule has 0 saturated carbocycles. The van der Waals surface area contributed by atoms with E-state index in [0.29, 0.717) is 18.7 Å². The Morgan fingerprint density at radius 1 is 1.56 bits per heavy atom. The number of nitrogens with one attached hydrogen (secondary N) is 1. The lowest BCUT2D eigenvalue weighted by Crippen LogP contribution is -2.43. The van der Waals surface area contributed by atoms with Crippen molar-refractivity contribution in [2.75, 3.05) is 31.8 Å². The molecule has 7 heteroatoms. The minimum Gasteiger partial charge on any atom is -0.480 e. The smallest absolute Gasteiger partial charge is 0.326 e. The van der Waals surface area contributed by atoms with Crippen molar-refractivity contribution >= 4 is 23.6 Å². The molecule has 1 amide bonds. The molecule has 0 unspecified atom stereocenters. The number of hydrogen-bond acceptors (Lipinski definition) is 5. The van der Waals surface area contributed by atoms with Crippen LogP contribution in [0.3, 0.4) is 0 Å². The third kappa shape index (κ3) is 7.49. The zero-order chi connectivity index (χ0) is 12.4. The summed E-state index contributed by atoms with van der Waals surface area (Å²) in [6.45, 7) is 0.471. The predicted octanol–water partition coefficient (Wildman–Crippen LogP) is -0.716. The number of thioether (sulfide) groups is 1. The molecule has 4 N–H and O–H groups in total. The summed E-state index contributed by atoms with van der Waals surface area (Å²) in [5.41, 5.74) is 5.18. The Balaban J connectivity index is 3.88. The van der Waals surface area contributed by atoms with Crippen molar-refractivity contribution in [2.45, 2.75) is 12.5 Å². The van der Waals surface area contributed by atoms with Gasteiger partial charge in [-0.3, -0.25) is 4.79 Å². The minimum atomic E-state index is -1.03. The first kappa shape index (κ1) is 15.2. The summed E-state index contributed by atoms with van der Waals surface area (Å²) in [5, 5.41) is 11.2. The normalized spacial score (nSPS) is 12.1. The molecule has 6 nitrogen and oxygen atoms in total. The Hall–Kier alpha value is -0.790. The number of carboxylic acids is 1. The Bertz CT molecular complexity index is 226. The van der Waals surface area contributed by atoms with E-state index in [1.807, 2.05) is 6.26 Å². The number of nitrogens with two attached hydrogens (primary N) is 1. The van der Waals surface area contributed by atoms with Gasteiger partial charge in [0.15, 0.2) is 0 Å². The highest BCUT2D eigenvalue weighted by atomic mass is 32.2. The number of ether oxygens (including phenoxy) is 1. The lowest BCUT2D eigenvalue weighted by Gasteiger charge is -2.13. The second kappa shape index (κ2) is 9.44. The molecule has 0 aromatic carbocycles. The molecule has 16 heavy (non-hydrogen) atoms. The molecule has 0 fully saturated rings. The van der Waals surface area contributed by atoms with Crippen molar-refractivity contribution in [3.63, 3.8) is 0 Å². The van der Waals surface area contributed by atoms with Crippen LogP contribution in [0.25, 0.3) is 0 Å². The first-order valence-corrected chi connectivity index (χ1v) is 6.30. The maximum atomic E-state index is 11.2. The standard InChI is InChI=1S/C9H18N2O4S/c1-16-5-2-7(9(13)14)11-8(12)6-15-4-3-10/h7H,2-6,10H2,1H3,(H,11,12)(H,13,14)/t7-/m0/s1. The van der Waals surface area contributed by atoms with E-state index in [2.05, 4.69) is 5.32 Å². The van der Waals surface area contributed by atoms with E-state index in [1.54, 1.807) is 0 Å². The second-order valence-corrected chi connectivity index (χ2v) is 4.07. The van der Waals surface area contributed by atoms with Gasteiger partial charge in [0, 0.05) is 6.54 Å². The maximum Gasteiger partial charge on any atom is 0.326 e. The van der Waals surface area contributed by atoms with Crippen molar-refractivity contribution in [1.29, 1.82) is 0 Å². The number of amides is 1. The van der Waals surface area contributed by atoms with Gasteiger partial charge in [-0.05, 0) is 18.4 Å². The van der Waals surface area contributed by atoms with E-state index in [9.17, 15) is 9.59 Å². The molecule has 0 heterocycles. The molecular formula is C9H18N2O4S. The molecule has 0 aliphatic rings. The average Bonchev–Trinajstić information content (AvgIpc) is 2.24. The molecule has 0 radical (unpaired) electrons. The van der Waals surface area contributed by atoms with Gasteiger partial charge in [0.2, 0.25) is 5.91 Å². The summed E-state index contributed by atoms with van der Waals surface area (Å²) >= 11 is 1.53. The van der Waals surface area contributed by atoms with E-state index in [0.717, 1.165) is 0 Å². The largest absolute Gasteiger partial charge is 0.480 e. The molecular weight excluding hydrogens is 232 g/mol. The molecule has 94 valence electrons. The van der Waals surface area contributed by atoms with Crippen molar-refractivity contribution in [2.24, 2.45) is 5.73 Å². The van der Waals surface area contributed by atoms with E-state index in [4.69, 9.17) is 15.6 Å². The zero-order valence-electron chi connectivity index (χ0n) is 9.27. The topological polar surface area (TPSA) is 102 Å². The first-order chi connectivity index (χ1) is 7.61. The Kier molecular flexibility index (Phi) is 8.97. The molecule has 0 aliphatic carbocycles. The Labute approximate surface area is 98.9 Å². The van der Waals surface area contributed by atoms with Crippen LogP contribution in [0.2, 0.25) is 0 Å². The van der Waals surface area contributed by atoms with Crippen LogP contribution in [-0.4, -0.2) is 54.8 Å². The van der Waals surface area contributed by atoms with Crippen molar-refractivity contribution in [1.82, 2.24) is 5.32 Å². The fourth-order valence-electron chi connectivity index (χ4n) is 0.977. The van der Waals surface area contributed by atoms with Gasteiger partial charge in [-0.1, -0.05) is 0 Å². The van der Waals surface area contributed by atoms with Gasteiger partial charge in [0.25, 0.3) is 0 Å². The lowest BCUT2D eigenvalue weighted by atomic mass is 10.2. The third-order valence-corrected chi connectivity index (χ3v) is 2.38. The van der Waals surface area contributed by atoms with Crippen molar-refractivity contribution < 1.29 is 19.4 Å². The molecule has 0 rings (SSSR count). The van der Waals surface area contributed by atoms with Gasteiger partial charge >= 0.3 is 5.97 Å². The summed E-state index contributed by atoms with van der Waals surface area (Å²) < 4.78 is 4.89. The predicted molar refractivity (Wildman–Crippen MR) is 62.4 cm³/mol. The summed E-state index contributed by atoms with van der Waals surface area (Å²) in [5.74, 6) is -0.774. The summed E-state index contributed by atoms with van der Waals surface area (Å²) in [7, 11) is 0. The van der Waals surface area contributed by atoms with Gasteiger partial charge < -0.3 is 20.9 Å². The number of aliphatic carboxylic acids is 1. The fraction of sp³-hybridized carbons (Fsp3) is 0.778. The highest BCUT2D eigenvalue weighted by Gasteiger charge is 2.18. The van der Waals surface area contributed by atoms with Crippen LogP contribution in [0.1, 0.15) is 6.42 Å². The van der Waals surface area contributed by atoms with E-state index >= 15 is 0 Å². The van der Waals surface area contributed by atoms with Crippen LogP contribution in [0.5, 0.6) is 0 Å². The number of carbonyl (C=O) groups is 2.